The number of hydrogen-bond acceptors (Lipinski definition) is 9. The number of benzene rings is 1. The van der Waals surface area contributed by atoms with Gasteiger partial charge in [0.15, 0.2) is 17.6 Å². The normalized spacial score (nSPS) is 24.6. The number of amides is 1. The number of nitrogens with zero attached hydrogens (tertiary/aromatic N) is 4. The van der Waals surface area contributed by atoms with Gasteiger partial charge < -0.3 is 21.1 Å². The number of thioether (sulfide) groups is 1. The summed E-state index contributed by atoms with van der Waals surface area (Å²) in [5.74, 6) is 2.37. The Balaban J connectivity index is 1.49. The minimum atomic E-state index is -1.00. The minimum absolute atomic E-state index is 0.0845. The topological polar surface area (TPSA) is 127 Å². The fourth-order valence-corrected chi connectivity index (χ4v) is 6.04. The Morgan fingerprint density at radius 2 is 2.23 bits per heavy atom. The van der Waals surface area contributed by atoms with E-state index in [1.807, 2.05) is 6.92 Å². The van der Waals surface area contributed by atoms with Gasteiger partial charge in [0.05, 0.1) is 17.3 Å². The highest BCUT2D eigenvalue weighted by atomic mass is 32.2. The van der Waals surface area contributed by atoms with Gasteiger partial charge in [-0.3, -0.25) is 9.79 Å². The number of rotatable bonds is 6. The molecule has 1 saturated carbocycles. The molecule has 178 valence electrons. The number of pyridine rings is 1. The lowest BCUT2D eigenvalue weighted by molar-refractivity contribution is -0.121. The highest BCUT2D eigenvalue weighted by Gasteiger charge is 2.70. The van der Waals surface area contributed by atoms with Gasteiger partial charge in [0.2, 0.25) is 11.8 Å². The number of carbonyl (C=O) groups excluding carboxylic acids is 1. The molecule has 0 bridgehead atoms. The number of aromatic nitrogens is 3. The Morgan fingerprint density at radius 1 is 1.40 bits per heavy atom. The summed E-state index contributed by atoms with van der Waals surface area (Å²) in [6, 6.07) is 6.34. The zero-order valence-electron chi connectivity index (χ0n) is 19.0. The van der Waals surface area contributed by atoms with E-state index in [1.165, 1.54) is 24.0 Å². The third-order valence-electron chi connectivity index (χ3n) is 6.34. The van der Waals surface area contributed by atoms with Gasteiger partial charge in [0.25, 0.3) is 0 Å². The number of halogens is 1. The van der Waals surface area contributed by atoms with Crippen LogP contribution < -0.4 is 21.1 Å². The number of carbonyl (C=O) groups is 1. The first-order valence-corrected chi connectivity index (χ1v) is 11.6. The van der Waals surface area contributed by atoms with Crippen molar-refractivity contribution >= 4 is 45.4 Å². The molecular formula is C24H22FN7O2S. The van der Waals surface area contributed by atoms with Gasteiger partial charge in [-0.25, -0.2) is 19.3 Å². The number of fused-ring (bicyclic) bond motifs is 2. The van der Waals surface area contributed by atoms with E-state index in [9.17, 15) is 4.79 Å². The van der Waals surface area contributed by atoms with Crippen LogP contribution in [-0.2, 0) is 10.3 Å². The molecule has 2 aliphatic rings. The number of aliphatic imine (C=N–C) groups is 1. The van der Waals surface area contributed by atoms with Gasteiger partial charge in [0, 0.05) is 30.4 Å². The first-order valence-electron chi connectivity index (χ1n) is 10.8. The second kappa shape index (κ2) is 8.39. The summed E-state index contributed by atoms with van der Waals surface area (Å²) in [5, 5.41) is 6.16. The number of amidine groups is 1. The quantitative estimate of drug-likeness (QED) is 0.449. The Kier molecular flexibility index (Phi) is 5.48. The molecule has 3 aromatic rings. The van der Waals surface area contributed by atoms with E-state index >= 15 is 4.39 Å². The van der Waals surface area contributed by atoms with Crippen LogP contribution in [0, 0.1) is 24.1 Å². The summed E-state index contributed by atoms with van der Waals surface area (Å²) in [6.45, 7) is 1.90. The maximum atomic E-state index is 15.2. The lowest BCUT2D eigenvalue weighted by Crippen LogP contribution is -2.43. The number of anilines is 2. The third kappa shape index (κ3) is 3.80. The molecule has 1 aromatic carbocycles. The van der Waals surface area contributed by atoms with Crippen LogP contribution in [0.2, 0.25) is 0 Å². The molecule has 5 rings (SSSR count). The van der Waals surface area contributed by atoms with Crippen LogP contribution in [-0.4, -0.2) is 44.4 Å². The monoisotopic (exact) mass is 491 g/mol. The van der Waals surface area contributed by atoms with E-state index in [0.717, 1.165) is 0 Å². The zero-order valence-corrected chi connectivity index (χ0v) is 19.8. The minimum Gasteiger partial charge on any atom is -0.463 e. The van der Waals surface area contributed by atoms with Crippen LogP contribution in [0.5, 0.6) is 5.88 Å². The van der Waals surface area contributed by atoms with Crippen LogP contribution in [0.1, 0.15) is 18.9 Å². The van der Waals surface area contributed by atoms with Crippen LogP contribution in [0.3, 0.4) is 0 Å². The summed E-state index contributed by atoms with van der Waals surface area (Å²) >= 11 is 1.24. The van der Waals surface area contributed by atoms with Crippen LogP contribution in [0.25, 0.3) is 11.0 Å². The molecule has 0 spiro atoms. The van der Waals surface area contributed by atoms with Crippen molar-refractivity contribution in [2.75, 3.05) is 19.0 Å². The van der Waals surface area contributed by atoms with Crippen LogP contribution in [0.15, 0.2) is 41.7 Å². The second-order valence-corrected chi connectivity index (χ2v) is 9.82. The highest BCUT2D eigenvalue weighted by molar-refractivity contribution is 8.15. The summed E-state index contributed by atoms with van der Waals surface area (Å²) in [6.07, 6.45) is 8.83. The first kappa shape index (κ1) is 22.9. The number of nitrogens with one attached hydrogen (secondary N) is 2. The van der Waals surface area contributed by atoms with Crippen molar-refractivity contribution in [1.82, 2.24) is 20.3 Å². The summed E-state index contributed by atoms with van der Waals surface area (Å²) in [5.41, 5.74) is 7.10. The molecule has 1 aliphatic heterocycles. The molecule has 11 heteroatoms. The van der Waals surface area contributed by atoms with Crippen molar-refractivity contribution in [3.8, 4) is 18.2 Å². The number of ether oxygens (including phenoxy) is 1. The van der Waals surface area contributed by atoms with Crippen molar-refractivity contribution in [3.05, 3.63) is 48.0 Å². The van der Waals surface area contributed by atoms with Crippen molar-refractivity contribution in [1.29, 1.82) is 0 Å². The fraction of sp³-hybridized carbons (Fsp3) is 0.292. The predicted molar refractivity (Wildman–Crippen MR) is 133 cm³/mol. The van der Waals surface area contributed by atoms with Gasteiger partial charge in [-0.2, -0.15) is 0 Å². The second-order valence-electron chi connectivity index (χ2n) is 8.47. The van der Waals surface area contributed by atoms with Gasteiger partial charge in [-0.1, -0.05) is 17.7 Å². The van der Waals surface area contributed by atoms with Crippen molar-refractivity contribution < 1.29 is 13.9 Å². The van der Waals surface area contributed by atoms with Crippen molar-refractivity contribution in [2.24, 2.45) is 16.6 Å². The third-order valence-corrected chi connectivity index (χ3v) is 7.65. The van der Waals surface area contributed by atoms with E-state index in [-0.39, 0.29) is 23.6 Å². The smallest absolute Gasteiger partial charge is 0.236 e. The molecule has 3 atom stereocenters. The van der Waals surface area contributed by atoms with Crippen molar-refractivity contribution in [2.45, 2.75) is 23.6 Å². The molecule has 0 radical (unpaired) electrons. The van der Waals surface area contributed by atoms with E-state index in [1.54, 1.807) is 31.4 Å². The summed E-state index contributed by atoms with van der Waals surface area (Å²) < 4.78 is 19.8. The number of terminal acetylenes is 1. The Labute approximate surface area is 205 Å². The molecule has 1 aliphatic carbocycles. The number of hydrogen-bond donors (Lipinski definition) is 3. The Morgan fingerprint density at radius 3 is 3.00 bits per heavy atom. The lowest BCUT2D eigenvalue weighted by atomic mass is 9.85. The molecule has 0 saturated heterocycles. The number of nitrogens with two attached hydrogens (primary N) is 1. The molecule has 9 nitrogen and oxygen atoms in total. The molecule has 1 unspecified atom stereocenters. The predicted octanol–water partition coefficient (Wildman–Crippen LogP) is 2.70. The average molecular weight is 492 g/mol. The van der Waals surface area contributed by atoms with E-state index in [4.69, 9.17) is 16.9 Å². The Hall–Kier alpha value is -3.91. The molecule has 1 fully saturated rings. The molecule has 1 amide bonds. The van der Waals surface area contributed by atoms with Crippen LogP contribution >= 0.6 is 11.8 Å². The first-order chi connectivity index (χ1) is 16.8. The molecule has 4 N–H and O–H groups in total. The van der Waals surface area contributed by atoms with E-state index in [0.29, 0.717) is 40.4 Å². The van der Waals surface area contributed by atoms with E-state index in [2.05, 4.69) is 36.5 Å². The molecule has 2 aromatic heterocycles. The Bertz CT molecular complexity index is 1420. The van der Waals surface area contributed by atoms with Crippen molar-refractivity contribution in [3.63, 3.8) is 0 Å². The van der Waals surface area contributed by atoms with Gasteiger partial charge >= 0.3 is 0 Å². The van der Waals surface area contributed by atoms with E-state index < -0.39 is 16.1 Å². The average Bonchev–Trinajstić information content (AvgIpc) is 3.60. The standard InChI is InChI=1S/C24H22FN7O2S/c1-4-9-34-18-12-29-19-16(31-18)7-8-28-20(19)30-13-5-6-15(25)14(10-13)23(2)17-11-24(17,21(33)27-3)35-22(26)32-23/h1,5-8,10,12,17H,9,11H2,2-3H3,(H2,26,32)(H,27,33)(H,28,30)/t17?,23-,24+/m1/s1. The molecule has 3 heterocycles. The molecular weight excluding hydrogens is 469 g/mol. The largest absolute Gasteiger partial charge is 0.463 e. The maximum absolute atomic E-state index is 15.2. The van der Waals surface area contributed by atoms with Gasteiger partial charge in [0.1, 0.15) is 16.1 Å². The van der Waals surface area contributed by atoms with Gasteiger partial charge in [-0.15, -0.1) is 6.42 Å². The summed E-state index contributed by atoms with van der Waals surface area (Å²) in [4.78, 5) is 30.4. The highest BCUT2D eigenvalue weighted by Crippen LogP contribution is 2.66. The van der Waals surface area contributed by atoms with Gasteiger partial charge in [-0.05, 0) is 37.6 Å². The zero-order chi connectivity index (χ0) is 24.8. The molecule has 35 heavy (non-hydrogen) atoms. The van der Waals surface area contributed by atoms with Crippen LogP contribution in [0.4, 0.5) is 15.9 Å². The summed E-state index contributed by atoms with van der Waals surface area (Å²) in [7, 11) is 1.59. The lowest BCUT2D eigenvalue weighted by Gasteiger charge is -2.33. The maximum Gasteiger partial charge on any atom is 0.236 e. The SMILES string of the molecule is C#CCOc1cnc2c(Nc3ccc(F)c([C@@]4(C)N=C(N)S[C@@]5(C(=O)NC)CC54)c3)nccc2n1. The fourth-order valence-electron chi connectivity index (χ4n) is 4.62.